The van der Waals surface area contributed by atoms with E-state index in [-0.39, 0.29) is 25.2 Å². The Hall–Kier alpha value is -2.58. The minimum atomic E-state index is -1.83. The van der Waals surface area contributed by atoms with Crippen LogP contribution in [0.4, 0.5) is 5.69 Å². The number of nitrogens with one attached hydrogen (secondary N) is 1. The number of ether oxygens (including phenoxy) is 6. The van der Waals surface area contributed by atoms with Gasteiger partial charge in [-0.05, 0) is 104 Å². The number of anilines is 1. The van der Waals surface area contributed by atoms with Gasteiger partial charge in [0.2, 0.25) is 0 Å². The monoisotopic (exact) mass is 920 g/mol. The second-order valence-corrected chi connectivity index (χ2v) is 20.2. The van der Waals surface area contributed by atoms with Crippen molar-refractivity contribution in [1.29, 1.82) is 0 Å². The highest BCUT2D eigenvalue weighted by Crippen LogP contribution is 2.40. The van der Waals surface area contributed by atoms with Crippen LogP contribution >= 0.6 is 12.2 Å². The Morgan fingerprint density at radius 3 is 2.27 bits per heavy atom. The van der Waals surface area contributed by atoms with Gasteiger partial charge >= 0.3 is 5.97 Å². The Labute approximate surface area is 385 Å². The van der Waals surface area contributed by atoms with E-state index in [4.69, 9.17) is 40.6 Å². The van der Waals surface area contributed by atoms with Gasteiger partial charge in [0.25, 0.3) is 0 Å². The molecule has 64 heavy (non-hydrogen) atoms. The molecule has 1 unspecified atom stereocenters. The van der Waals surface area contributed by atoms with Crippen LogP contribution in [0.2, 0.25) is 0 Å². The highest BCUT2D eigenvalue weighted by molar-refractivity contribution is 7.80. The molecule has 2 aromatic carbocycles. The van der Waals surface area contributed by atoms with E-state index in [0.29, 0.717) is 18.1 Å². The lowest BCUT2D eigenvalue weighted by molar-refractivity contribution is -0.317. The van der Waals surface area contributed by atoms with Crippen LogP contribution in [-0.2, 0) is 33.2 Å². The van der Waals surface area contributed by atoms with Gasteiger partial charge in [-0.15, -0.1) is 0 Å². The quantitative estimate of drug-likeness (QED) is 0.156. The molecule has 5 rings (SSSR count). The molecule has 0 saturated carbocycles. The Kier molecular flexibility index (Phi) is 17.3. The third-order valence-corrected chi connectivity index (χ3v) is 14.8. The Morgan fingerprint density at radius 1 is 0.953 bits per heavy atom. The van der Waals surface area contributed by atoms with Crippen molar-refractivity contribution in [2.24, 2.45) is 17.8 Å². The molecule has 0 spiro atoms. The first-order valence-electron chi connectivity index (χ1n) is 22.9. The number of nitrogens with zero attached hydrogens (tertiary/aromatic N) is 2. The van der Waals surface area contributed by atoms with Gasteiger partial charge in [0.15, 0.2) is 17.7 Å². The fourth-order valence-electron chi connectivity index (χ4n) is 10.3. The van der Waals surface area contributed by atoms with E-state index in [2.05, 4.69) is 5.32 Å². The molecule has 15 nitrogen and oxygen atoms in total. The van der Waals surface area contributed by atoms with E-state index < -0.39 is 108 Å². The highest BCUT2D eigenvalue weighted by Gasteiger charge is 2.53. The number of carbonyl (C=O) groups excluding carboxylic acids is 1. The number of aliphatic hydroxyl groups is 5. The number of rotatable bonds is 8. The van der Waals surface area contributed by atoms with Crippen molar-refractivity contribution in [2.75, 3.05) is 33.1 Å². The summed E-state index contributed by atoms with van der Waals surface area (Å²) >= 11 is 5.94. The predicted molar refractivity (Wildman–Crippen MR) is 248 cm³/mol. The van der Waals surface area contributed by atoms with Crippen LogP contribution in [0.3, 0.4) is 0 Å². The number of carbonyl (C=O) groups is 1. The molecular weight excluding hydrogens is 843 g/mol. The van der Waals surface area contributed by atoms with Crippen molar-refractivity contribution in [1.82, 2.24) is 9.80 Å². The van der Waals surface area contributed by atoms with Gasteiger partial charge in [-0.1, -0.05) is 57.2 Å². The Balaban J connectivity index is 1.53. The van der Waals surface area contributed by atoms with Crippen molar-refractivity contribution < 1.29 is 58.7 Å². The number of fused-ring (bicyclic) bond motifs is 1. The number of esters is 1. The van der Waals surface area contributed by atoms with Crippen molar-refractivity contribution in [2.45, 2.75) is 185 Å². The predicted octanol–water partition coefficient (Wildman–Crippen LogP) is 4.82. The van der Waals surface area contributed by atoms with Crippen molar-refractivity contribution in [3.8, 4) is 0 Å². The first-order valence-corrected chi connectivity index (χ1v) is 23.4. The second-order valence-electron chi connectivity index (χ2n) is 19.8. The number of aliphatic hydroxyl groups excluding tert-OH is 3. The molecule has 3 heterocycles. The van der Waals surface area contributed by atoms with E-state index in [1.807, 2.05) is 87.1 Å². The largest absolute Gasteiger partial charge is 0.459 e. The van der Waals surface area contributed by atoms with Gasteiger partial charge in [0.1, 0.15) is 30.0 Å². The molecule has 3 fully saturated rings. The van der Waals surface area contributed by atoms with Crippen LogP contribution in [0.5, 0.6) is 0 Å². The van der Waals surface area contributed by atoms with Crippen molar-refractivity contribution in [3.63, 3.8) is 0 Å². The summed E-state index contributed by atoms with van der Waals surface area (Å²) in [7, 11) is 5.16. The lowest BCUT2D eigenvalue weighted by Crippen LogP contribution is -2.61. The number of thiocarbonyl (C=S) groups is 1. The third kappa shape index (κ3) is 11.4. The SMILES string of the molecule is CC[C@H]1OC(=O)[C@H](C)[C@@H](O[C@H]2C[C@@](C)(OC)[C@@H](O)[C@H](C)O2)[C@H](C)[C@@H](OC2O[C@H](C)C[C@H](N(C)C(=S)Nc3cccc4ccccc34)[C@H]2O)[C@](C)(O)C[C@@H](C)CN(C)[C@H](C)[C@@H](O)[C@]1(C)O. The zero-order chi connectivity index (χ0) is 47.6. The highest BCUT2D eigenvalue weighted by atomic mass is 32.1. The Bertz CT molecular complexity index is 1870. The standard InChI is InChI=1S/C48H77N3O12S/c1-14-36-48(10,57)40(53)30(6)50(11)25-26(2)23-46(8,56)42(28(4)39(29(5)43(55)61-36)62-37-24-47(9,58-13)41(54)31(7)60-37)63-44-38(52)35(22-27(3)59-44)51(12)45(64)49-34-21-17-19-32-18-15-16-20-33(32)34/h15-21,26-31,35-42,44,52-54,56-57H,14,22-25H2,1-13H3,(H,49,64)/t26-,27-,28+,29-,30-,31+,35+,36-,37+,38-,39+,40-,41+,42-,44?,46-,47-,48-/m1/s1. The average molecular weight is 920 g/mol. The topological polar surface area (TPSA) is 192 Å². The van der Waals surface area contributed by atoms with Gasteiger partial charge < -0.3 is 69.1 Å². The van der Waals surface area contributed by atoms with Crippen LogP contribution in [-0.4, -0.2) is 164 Å². The summed E-state index contributed by atoms with van der Waals surface area (Å²) in [5.74, 6) is -2.79. The number of benzene rings is 2. The first kappa shape index (κ1) is 52.4. The zero-order valence-electron chi connectivity index (χ0n) is 40.1. The number of hydrogen-bond donors (Lipinski definition) is 6. The van der Waals surface area contributed by atoms with Crippen molar-refractivity contribution >= 4 is 39.8 Å². The summed E-state index contributed by atoms with van der Waals surface area (Å²) in [5, 5.41) is 65.4. The molecule has 3 aliphatic rings. The van der Waals surface area contributed by atoms with Gasteiger partial charge in [-0.25, -0.2) is 0 Å². The van der Waals surface area contributed by atoms with Crippen LogP contribution in [0.1, 0.15) is 94.9 Å². The summed E-state index contributed by atoms with van der Waals surface area (Å²) in [4.78, 5) is 18.2. The molecule has 0 aromatic heterocycles. The lowest BCUT2D eigenvalue weighted by atomic mass is 9.77. The fraction of sp³-hybridized carbons (Fsp3) is 0.750. The molecule has 3 saturated heterocycles. The van der Waals surface area contributed by atoms with E-state index in [1.165, 1.54) is 14.0 Å². The third-order valence-electron chi connectivity index (χ3n) is 14.4. The van der Waals surface area contributed by atoms with Crippen LogP contribution in [0.25, 0.3) is 10.8 Å². The van der Waals surface area contributed by atoms with Crippen LogP contribution in [0.15, 0.2) is 42.5 Å². The van der Waals surface area contributed by atoms with Crippen LogP contribution in [0, 0.1) is 17.8 Å². The Morgan fingerprint density at radius 2 is 1.61 bits per heavy atom. The summed E-state index contributed by atoms with van der Waals surface area (Å²) in [6.45, 7) is 17.9. The summed E-state index contributed by atoms with van der Waals surface area (Å²) in [6, 6.07) is 12.8. The molecule has 6 N–H and O–H groups in total. The molecular formula is C48H77N3O12S. The van der Waals surface area contributed by atoms with Gasteiger partial charge in [-0.3, -0.25) is 4.79 Å². The van der Waals surface area contributed by atoms with Gasteiger partial charge in [0, 0.05) is 50.2 Å². The molecule has 3 aliphatic heterocycles. The molecule has 2 aromatic rings. The number of methoxy groups -OCH3 is 1. The molecule has 362 valence electrons. The zero-order valence-corrected chi connectivity index (χ0v) is 41.0. The molecule has 0 radical (unpaired) electrons. The minimum Gasteiger partial charge on any atom is -0.459 e. The normalized spacial score (nSPS) is 42.3. The number of cyclic esters (lactones) is 1. The van der Waals surface area contributed by atoms with E-state index >= 15 is 0 Å². The number of hydrogen-bond acceptors (Lipinski definition) is 14. The first-order chi connectivity index (χ1) is 29.9. The van der Waals surface area contributed by atoms with Crippen molar-refractivity contribution in [3.05, 3.63) is 42.5 Å². The average Bonchev–Trinajstić information content (AvgIpc) is 3.24. The summed E-state index contributed by atoms with van der Waals surface area (Å²) in [5.41, 5.74) is -3.71. The fourth-order valence-corrected chi connectivity index (χ4v) is 10.5. The van der Waals surface area contributed by atoms with E-state index in [0.717, 1.165) is 16.5 Å². The van der Waals surface area contributed by atoms with Gasteiger partial charge in [-0.2, -0.15) is 0 Å². The van der Waals surface area contributed by atoms with E-state index in [9.17, 15) is 30.3 Å². The second kappa shape index (κ2) is 21.2. The molecule has 18 atom stereocenters. The summed E-state index contributed by atoms with van der Waals surface area (Å²) < 4.78 is 38.2. The maximum absolute atomic E-state index is 14.4. The van der Waals surface area contributed by atoms with Gasteiger partial charge in [0.05, 0.1) is 47.6 Å². The molecule has 0 amide bonds. The maximum atomic E-state index is 14.4. The smallest absolute Gasteiger partial charge is 0.311 e. The number of likely N-dealkylation sites (N-methyl/N-ethyl adjacent to an activating group) is 2. The lowest BCUT2D eigenvalue weighted by Gasteiger charge is -2.49. The maximum Gasteiger partial charge on any atom is 0.311 e. The van der Waals surface area contributed by atoms with Crippen LogP contribution < -0.4 is 5.32 Å². The minimum absolute atomic E-state index is 0.102. The van der Waals surface area contributed by atoms with E-state index in [1.54, 1.807) is 41.5 Å². The molecule has 16 heteroatoms. The molecule has 0 aliphatic carbocycles. The molecule has 0 bridgehead atoms. The summed E-state index contributed by atoms with van der Waals surface area (Å²) in [6.07, 6.45) is -9.31.